The molecule has 1 aromatic rings. The quantitative estimate of drug-likeness (QED) is 0.880. The van der Waals surface area contributed by atoms with E-state index in [1.165, 1.54) is 25.5 Å². The molecule has 104 valence electrons. The number of rotatable bonds is 3. The minimum atomic E-state index is -0.394. The van der Waals surface area contributed by atoms with Crippen LogP contribution in [0.1, 0.15) is 42.9 Å². The van der Waals surface area contributed by atoms with E-state index in [1.807, 2.05) is 6.92 Å². The van der Waals surface area contributed by atoms with Gasteiger partial charge in [-0.15, -0.1) is 0 Å². The molecule has 1 atom stereocenters. The Bertz CT molecular complexity index is 411. The van der Waals surface area contributed by atoms with Gasteiger partial charge in [0.05, 0.1) is 13.2 Å². The zero-order valence-electron chi connectivity index (χ0n) is 11.6. The molecular formula is C15H22N2O2. The number of carbonyl (C=O) groups excluding carboxylic acids is 1. The maximum atomic E-state index is 11.2. The second-order valence-corrected chi connectivity index (χ2v) is 5.05. The van der Waals surface area contributed by atoms with Crippen molar-refractivity contribution in [3.05, 3.63) is 35.4 Å². The standard InChI is InChI=1S/C15H22N2O2/c1-11(17-15(18)19-2)12-3-5-13(6-4-12)14-7-9-16-10-8-14/h3-6,11,14,16H,7-10H2,1-2H3,(H,17,18). The molecule has 1 aromatic carbocycles. The Labute approximate surface area is 114 Å². The van der Waals surface area contributed by atoms with Crippen LogP contribution in [0.3, 0.4) is 0 Å². The van der Waals surface area contributed by atoms with Crippen LogP contribution in [0.5, 0.6) is 0 Å². The first-order chi connectivity index (χ1) is 9.20. The molecule has 2 rings (SSSR count). The highest BCUT2D eigenvalue weighted by Crippen LogP contribution is 2.26. The lowest BCUT2D eigenvalue weighted by Gasteiger charge is -2.23. The third kappa shape index (κ3) is 3.70. The van der Waals surface area contributed by atoms with E-state index >= 15 is 0 Å². The van der Waals surface area contributed by atoms with Crippen LogP contribution in [-0.2, 0) is 4.74 Å². The van der Waals surface area contributed by atoms with E-state index in [1.54, 1.807) is 0 Å². The van der Waals surface area contributed by atoms with Gasteiger partial charge in [0, 0.05) is 0 Å². The molecule has 19 heavy (non-hydrogen) atoms. The van der Waals surface area contributed by atoms with Crippen molar-refractivity contribution < 1.29 is 9.53 Å². The molecule has 1 fully saturated rings. The highest BCUT2D eigenvalue weighted by molar-refractivity contribution is 5.67. The van der Waals surface area contributed by atoms with Crippen molar-refractivity contribution in [3.63, 3.8) is 0 Å². The lowest BCUT2D eigenvalue weighted by atomic mass is 9.89. The van der Waals surface area contributed by atoms with Crippen molar-refractivity contribution in [2.24, 2.45) is 0 Å². The van der Waals surface area contributed by atoms with Crippen LogP contribution in [-0.4, -0.2) is 26.3 Å². The molecule has 0 spiro atoms. The van der Waals surface area contributed by atoms with Gasteiger partial charge in [-0.2, -0.15) is 0 Å². The minimum Gasteiger partial charge on any atom is -0.453 e. The average molecular weight is 262 g/mol. The molecule has 1 unspecified atom stereocenters. The maximum absolute atomic E-state index is 11.2. The van der Waals surface area contributed by atoms with Crippen molar-refractivity contribution in [2.45, 2.75) is 31.7 Å². The van der Waals surface area contributed by atoms with Crippen LogP contribution in [0.2, 0.25) is 0 Å². The lowest BCUT2D eigenvalue weighted by molar-refractivity contribution is 0.167. The number of piperidine rings is 1. The highest BCUT2D eigenvalue weighted by atomic mass is 16.5. The summed E-state index contributed by atoms with van der Waals surface area (Å²) in [7, 11) is 1.38. The van der Waals surface area contributed by atoms with Crippen LogP contribution >= 0.6 is 0 Å². The van der Waals surface area contributed by atoms with Gasteiger partial charge in [0.2, 0.25) is 0 Å². The second kappa shape index (κ2) is 6.57. The number of ether oxygens (including phenoxy) is 1. The first-order valence-corrected chi connectivity index (χ1v) is 6.85. The van der Waals surface area contributed by atoms with Gasteiger partial charge >= 0.3 is 6.09 Å². The molecule has 4 heteroatoms. The summed E-state index contributed by atoms with van der Waals surface area (Å²) in [5, 5.41) is 6.15. The number of carbonyl (C=O) groups is 1. The highest BCUT2D eigenvalue weighted by Gasteiger charge is 2.15. The zero-order chi connectivity index (χ0) is 13.7. The molecular weight excluding hydrogens is 240 g/mol. The van der Waals surface area contributed by atoms with Gasteiger partial charge in [0.25, 0.3) is 0 Å². The number of methoxy groups -OCH3 is 1. The van der Waals surface area contributed by atoms with Crippen molar-refractivity contribution in [1.29, 1.82) is 0 Å². The summed E-state index contributed by atoms with van der Waals surface area (Å²) in [6.07, 6.45) is 2.01. The lowest BCUT2D eigenvalue weighted by Crippen LogP contribution is -2.27. The van der Waals surface area contributed by atoms with E-state index in [-0.39, 0.29) is 6.04 Å². The Morgan fingerprint density at radius 2 is 1.95 bits per heavy atom. The number of benzene rings is 1. The molecule has 0 aliphatic carbocycles. The number of nitrogens with one attached hydrogen (secondary N) is 2. The van der Waals surface area contributed by atoms with Gasteiger partial charge in [-0.1, -0.05) is 24.3 Å². The van der Waals surface area contributed by atoms with E-state index in [9.17, 15) is 4.79 Å². The van der Waals surface area contributed by atoms with Crippen molar-refractivity contribution in [3.8, 4) is 0 Å². The number of amides is 1. The first kappa shape index (κ1) is 13.9. The summed E-state index contributed by atoms with van der Waals surface area (Å²) >= 11 is 0. The zero-order valence-corrected chi connectivity index (χ0v) is 11.6. The summed E-state index contributed by atoms with van der Waals surface area (Å²) in [5.74, 6) is 0.666. The van der Waals surface area contributed by atoms with Gasteiger partial charge in [0.1, 0.15) is 0 Å². The SMILES string of the molecule is COC(=O)NC(C)c1ccc(C2CCNCC2)cc1. The summed E-state index contributed by atoms with van der Waals surface area (Å²) in [6.45, 7) is 4.16. The Morgan fingerprint density at radius 3 is 2.53 bits per heavy atom. The molecule has 1 amide bonds. The molecule has 1 aliphatic heterocycles. The Kier molecular flexibility index (Phi) is 4.80. The fourth-order valence-electron chi connectivity index (χ4n) is 2.53. The number of hydrogen-bond acceptors (Lipinski definition) is 3. The smallest absolute Gasteiger partial charge is 0.407 e. The Morgan fingerprint density at radius 1 is 1.32 bits per heavy atom. The van der Waals surface area contributed by atoms with E-state index in [0.717, 1.165) is 18.7 Å². The van der Waals surface area contributed by atoms with Crippen LogP contribution in [0.4, 0.5) is 4.79 Å². The third-order valence-electron chi connectivity index (χ3n) is 3.77. The Hall–Kier alpha value is -1.55. The summed E-state index contributed by atoms with van der Waals surface area (Å²) < 4.78 is 4.60. The monoisotopic (exact) mass is 262 g/mol. The summed E-state index contributed by atoms with van der Waals surface area (Å²) in [6, 6.07) is 8.52. The van der Waals surface area contributed by atoms with Gasteiger partial charge in [-0.05, 0) is 49.9 Å². The molecule has 1 heterocycles. The van der Waals surface area contributed by atoms with Crippen molar-refractivity contribution >= 4 is 6.09 Å². The number of alkyl carbamates (subject to hydrolysis) is 1. The van der Waals surface area contributed by atoms with E-state index in [4.69, 9.17) is 0 Å². The topological polar surface area (TPSA) is 50.4 Å². The number of hydrogen-bond donors (Lipinski definition) is 2. The van der Waals surface area contributed by atoms with E-state index in [0.29, 0.717) is 5.92 Å². The van der Waals surface area contributed by atoms with Gasteiger partial charge in [-0.25, -0.2) is 4.79 Å². The van der Waals surface area contributed by atoms with Crippen molar-refractivity contribution in [2.75, 3.05) is 20.2 Å². The summed E-state index contributed by atoms with van der Waals surface area (Å²) in [4.78, 5) is 11.2. The average Bonchev–Trinajstić information content (AvgIpc) is 2.48. The molecule has 0 saturated carbocycles. The van der Waals surface area contributed by atoms with Crippen LogP contribution in [0, 0.1) is 0 Å². The predicted octanol–water partition coefficient (Wildman–Crippen LogP) is 2.57. The second-order valence-electron chi connectivity index (χ2n) is 5.05. The molecule has 0 aromatic heterocycles. The van der Waals surface area contributed by atoms with Crippen LogP contribution in [0.25, 0.3) is 0 Å². The van der Waals surface area contributed by atoms with E-state index in [2.05, 4.69) is 39.6 Å². The molecule has 4 nitrogen and oxygen atoms in total. The largest absolute Gasteiger partial charge is 0.453 e. The molecule has 1 aliphatic rings. The Balaban J connectivity index is 1.99. The van der Waals surface area contributed by atoms with Gasteiger partial charge in [-0.3, -0.25) is 0 Å². The maximum Gasteiger partial charge on any atom is 0.407 e. The summed E-state index contributed by atoms with van der Waals surface area (Å²) in [5.41, 5.74) is 2.50. The molecule has 2 N–H and O–H groups in total. The molecule has 0 radical (unpaired) electrons. The third-order valence-corrected chi connectivity index (χ3v) is 3.77. The normalized spacial score (nSPS) is 17.8. The first-order valence-electron chi connectivity index (χ1n) is 6.85. The fraction of sp³-hybridized carbons (Fsp3) is 0.533. The minimum absolute atomic E-state index is 0.0328. The van der Waals surface area contributed by atoms with Gasteiger partial charge < -0.3 is 15.4 Å². The van der Waals surface area contributed by atoms with Crippen LogP contribution in [0.15, 0.2) is 24.3 Å². The molecule has 0 bridgehead atoms. The molecule has 1 saturated heterocycles. The van der Waals surface area contributed by atoms with Crippen LogP contribution < -0.4 is 10.6 Å². The predicted molar refractivity (Wildman–Crippen MR) is 75.2 cm³/mol. The van der Waals surface area contributed by atoms with E-state index < -0.39 is 6.09 Å². The van der Waals surface area contributed by atoms with Gasteiger partial charge in [0.15, 0.2) is 0 Å². The fourth-order valence-corrected chi connectivity index (χ4v) is 2.53. The van der Waals surface area contributed by atoms with Crippen molar-refractivity contribution in [1.82, 2.24) is 10.6 Å².